The summed E-state index contributed by atoms with van der Waals surface area (Å²) < 4.78 is 0. The number of rotatable bonds is 1. The molecule has 8 heavy (non-hydrogen) atoms. The van der Waals surface area contributed by atoms with Crippen LogP contribution in [-0.4, -0.2) is 18.4 Å². The molecule has 1 fully saturated rings. The van der Waals surface area contributed by atoms with Gasteiger partial charge in [0.1, 0.15) is 0 Å². The Hall–Kier alpha value is 0.177. The molecule has 48 valence electrons. The van der Waals surface area contributed by atoms with Crippen LogP contribution < -0.4 is 0 Å². The van der Waals surface area contributed by atoms with Crippen LogP contribution in [0.5, 0.6) is 0 Å². The zero-order valence-electron chi connectivity index (χ0n) is 5.86. The second kappa shape index (κ2) is 1.36. The quantitative estimate of drug-likeness (QED) is 0.532. The zero-order valence-corrected chi connectivity index (χ0v) is 6.86. The van der Waals surface area contributed by atoms with Crippen molar-refractivity contribution in [2.75, 3.05) is 0 Å². The second-order valence-corrected chi connectivity index (χ2v) is 9.21. The van der Waals surface area contributed by atoms with E-state index in [9.17, 15) is 5.11 Å². The average molecular weight is 130 g/mol. The Bertz CT molecular complexity index is 96.3. The summed E-state index contributed by atoms with van der Waals surface area (Å²) in [7, 11) is -1.19. The Morgan fingerprint density at radius 2 is 1.62 bits per heavy atom. The molecular weight excluding hydrogens is 116 g/mol. The van der Waals surface area contributed by atoms with Gasteiger partial charge in [0.25, 0.3) is 0 Å². The van der Waals surface area contributed by atoms with Gasteiger partial charge in [-0.3, -0.25) is 0 Å². The summed E-state index contributed by atoms with van der Waals surface area (Å²) in [6.07, 6.45) is 2.12. The smallest absolute Gasteiger partial charge is 0.0820 e. The lowest BCUT2D eigenvalue weighted by molar-refractivity contribution is 0.224. The molecule has 1 saturated carbocycles. The lowest BCUT2D eigenvalue weighted by Gasteiger charge is -2.22. The topological polar surface area (TPSA) is 20.2 Å². The molecule has 0 saturated heterocycles. The van der Waals surface area contributed by atoms with Gasteiger partial charge in [-0.15, -0.1) is 0 Å². The summed E-state index contributed by atoms with van der Waals surface area (Å²) in [6, 6.07) is 0. The fourth-order valence-electron chi connectivity index (χ4n) is 0.868. The predicted octanol–water partition coefficient (Wildman–Crippen LogP) is 1.39. The first-order valence-electron chi connectivity index (χ1n) is 3.18. The summed E-state index contributed by atoms with van der Waals surface area (Å²) in [6.45, 7) is 6.67. The SMILES string of the molecule is C[Si](C)(C)C1(O)CC1. The van der Waals surface area contributed by atoms with Crippen LogP contribution in [0.3, 0.4) is 0 Å². The van der Waals surface area contributed by atoms with Crippen LogP contribution in [0.25, 0.3) is 0 Å². The van der Waals surface area contributed by atoms with E-state index in [1.807, 2.05) is 0 Å². The molecule has 0 spiro atoms. The molecule has 1 N–H and O–H groups in total. The van der Waals surface area contributed by atoms with Gasteiger partial charge in [-0.05, 0) is 12.8 Å². The van der Waals surface area contributed by atoms with E-state index in [1.54, 1.807) is 0 Å². The van der Waals surface area contributed by atoms with Crippen LogP contribution in [0.15, 0.2) is 0 Å². The van der Waals surface area contributed by atoms with Crippen LogP contribution >= 0.6 is 0 Å². The highest BCUT2D eigenvalue weighted by Gasteiger charge is 2.51. The van der Waals surface area contributed by atoms with E-state index >= 15 is 0 Å². The van der Waals surface area contributed by atoms with E-state index in [-0.39, 0.29) is 5.22 Å². The van der Waals surface area contributed by atoms with Gasteiger partial charge in [0, 0.05) is 0 Å². The summed E-state index contributed by atoms with van der Waals surface area (Å²) in [4.78, 5) is 0. The molecule has 0 aromatic heterocycles. The van der Waals surface area contributed by atoms with Crippen LogP contribution in [0.1, 0.15) is 12.8 Å². The Morgan fingerprint density at radius 3 is 1.62 bits per heavy atom. The van der Waals surface area contributed by atoms with Crippen LogP contribution in [0.2, 0.25) is 19.6 Å². The minimum absolute atomic E-state index is 0.174. The maximum atomic E-state index is 9.53. The van der Waals surface area contributed by atoms with E-state index in [0.717, 1.165) is 12.8 Å². The van der Waals surface area contributed by atoms with Crippen molar-refractivity contribution in [2.24, 2.45) is 0 Å². The number of hydrogen-bond acceptors (Lipinski definition) is 1. The maximum absolute atomic E-state index is 9.53. The van der Waals surface area contributed by atoms with Gasteiger partial charge in [-0.25, -0.2) is 0 Å². The average Bonchev–Trinajstić information content (AvgIpc) is 2.16. The summed E-state index contributed by atoms with van der Waals surface area (Å²) in [5, 5.41) is 9.35. The summed E-state index contributed by atoms with van der Waals surface area (Å²) in [5.41, 5.74) is 0. The van der Waals surface area contributed by atoms with E-state index in [4.69, 9.17) is 0 Å². The van der Waals surface area contributed by atoms with Crippen molar-refractivity contribution in [3.05, 3.63) is 0 Å². The third-order valence-corrected chi connectivity index (χ3v) is 5.41. The molecular formula is C6H14OSi. The Kier molecular flexibility index (Phi) is 1.07. The highest BCUT2D eigenvalue weighted by Crippen LogP contribution is 2.43. The van der Waals surface area contributed by atoms with Crippen molar-refractivity contribution < 1.29 is 5.11 Å². The predicted molar refractivity (Wildman–Crippen MR) is 37.5 cm³/mol. The highest BCUT2D eigenvalue weighted by atomic mass is 28.3. The lowest BCUT2D eigenvalue weighted by Crippen LogP contribution is -2.40. The lowest BCUT2D eigenvalue weighted by atomic mass is 10.8. The molecule has 0 heterocycles. The van der Waals surface area contributed by atoms with Gasteiger partial charge in [-0.1, -0.05) is 19.6 Å². The van der Waals surface area contributed by atoms with Gasteiger partial charge in [0.2, 0.25) is 0 Å². The van der Waals surface area contributed by atoms with E-state index in [0.29, 0.717) is 0 Å². The van der Waals surface area contributed by atoms with Gasteiger partial charge < -0.3 is 5.11 Å². The molecule has 0 radical (unpaired) electrons. The van der Waals surface area contributed by atoms with Gasteiger partial charge in [-0.2, -0.15) is 0 Å². The monoisotopic (exact) mass is 130 g/mol. The fourth-order valence-corrected chi connectivity index (χ4v) is 2.49. The number of aliphatic hydroxyl groups is 1. The van der Waals surface area contributed by atoms with E-state index in [1.165, 1.54) is 0 Å². The minimum Gasteiger partial charge on any atom is -0.393 e. The zero-order chi connectivity index (χ0) is 6.41. The van der Waals surface area contributed by atoms with E-state index in [2.05, 4.69) is 19.6 Å². The maximum Gasteiger partial charge on any atom is 0.0820 e. The normalized spacial score (nSPS) is 25.5. The molecule has 1 aliphatic carbocycles. The highest BCUT2D eigenvalue weighted by molar-refractivity contribution is 6.79. The molecule has 1 nitrogen and oxygen atoms in total. The van der Waals surface area contributed by atoms with Gasteiger partial charge in [0.05, 0.1) is 13.3 Å². The van der Waals surface area contributed by atoms with Crippen molar-refractivity contribution in [3.63, 3.8) is 0 Å². The molecule has 0 bridgehead atoms. The summed E-state index contributed by atoms with van der Waals surface area (Å²) in [5.74, 6) is 0. The Labute approximate surface area is 51.7 Å². The standard InChI is InChI=1S/C6H14OSi/c1-8(2,3)6(7)4-5-6/h7H,4-5H2,1-3H3. The molecule has 0 aromatic carbocycles. The first-order chi connectivity index (χ1) is 3.46. The van der Waals surface area contributed by atoms with Crippen molar-refractivity contribution in [1.29, 1.82) is 0 Å². The molecule has 0 unspecified atom stereocenters. The molecule has 1 aliphatic rings. The molecule has 0 aromatic rings. The molecule has 0 amide bonds. The fraction of sp³-hybridized carbons (Fsp3) is 1.00. The van der Waals surface area contributed by atoms with Gasteiger partial charge in [0.15, 0.2) is 0 Å². The third-order valence-electron chi connectivity index (χ3n) is 2.12. The first kappa shape index (κ1) is 6.30. The van der Waals surface area contributed by atoms with Crippen molar-refractivity contribution in [3.8, 4) is 0 Å². The number of hydrogen-bond donors (Lipinski definition) is 1. The van der Waals surface area contributed by atoms with Crippen molar-refractivity contribution in [1.82, 2.24) is 0 Å². The Morgan fingerprint density at radius 1 is 1.25 bits per heavy atom. The minimum atomic E-state index is -1.19. The van der Waals surface area contributed by atoms with Crippen LogP contribution in [0.4, 0.5) is 0 Å². The largest absolute Gasteiger partial charge is 0.393 e. The van der Waals surface area contributed by atoms with Crippen LogP contribution in [-0.2, 0) is 0 Å². The van der Waals surface area contributed by atoms with Crippen LogP contribution in [0, 0.1) is 0 Å². The Balaban J connectivity index is 2.58. The van der Waals surface area contributed by atoms with Gasteiger partial charge >= 0.3 is 0 Å². The first-order valence-corrected chi connectivity index (χ1v) is 6.68. The third kappa shape index (κ3) is 0.824. The molecule has 0 atom stereocenters. The van der Waals surface area contributed by atoms with Crippen molar-refractivity contribution >= 4 is 8.07 Å². The molecule has 1 rings (SSSR count). The van der Waals surface area contributed by atoms with Crippen molar-refractivity contribution in [2.45, 2.75) is 37.7 Å². The van der Waals surface area contributed by atoms with E-state index < -0.39 is 8.07 Å². The summed E-state index contributed by atoms with van der Waals surface area (Å²) >= 11 is 0. The second-order valence-electron chi connectivity index (χ2n) is 3.78. The molecule has 0 aliphatic heterocycles. The molecule has 2 heteroatoms.